The molecule has 1 aromatic rings. The topological polar surface area (TPSA) is 73.6 Å². The molecule has 0 aromatic heterocycles. The smallest absolute Gasteiger partial charge is 0.251 e. The Hall–Kier alpha value is -1.75. The maximum Gasteiger partial charge on any atom is 0.251 e. The highest BCUT2D eigenvalue weighted by molar-refractivity contribution is 5.94. The first-order valence-corrected chi connectivity index (χ1v) is 7.28. The summed E-state index contributed by atoms with van der Waals surface area (Å²) < 4.78 is 10.9. The summed E-state index contributed by atoms with van der Waals surface area (Å²) in [4.78, 5) is 12.0. The van der Waals surface area contributed by atoms with Gasteiger partial charge in [-0.05, 0) is 37.5 Å². The summed E-state index contributed by atoms with van der Waals surface area (Å²) in [6.07, 6.45) is 0.748. The van der Waals surface area contributed by atoms with Crippen LogP contribution in [0.3, 0.4) is 0 Å². The molecule has 5 heteroatoms. The van der Waals surface area contributed by atoms with E-state index in [2.05, 4.69) is 19.2 Å². The third-order valence-corrected chi connectivity index (χ3v) is 2.88. The largest absolute Gasteiger partial charge is 0.493 e. The molecule has 118 valence electrons. The number of hydrogen-bond acceptors (Lipinski definition) is 4. The normalized spacial score (nSPS) is 12.1. The van der Waals surface area contributed by atoms with E-state index in [1.807, 2.05) is 6.92 Å². The number of amides is 1. The van der Waals surface area contributed by atoms with Crippen molar-refractivity contribution in [2.45, 2.75) is 33.2 Å². The van der Waals surface area contributed by atoms with Gasteiger partial charge in [0.15, 0.2) is 11.5 Å². The van der Waals surface area contributed by atoms with E-state index in [1.54, 1.807) is 25.3 Å². The van der Waals surface area contributed by atoms with Crippen LogP contribution < -0.4 is 20.5 Å². The number of methoxy groups -OCH3 is 1. The van der Waals surface area contributed by atoms with Crippen molar-refractivity contribution in [3.63, 3.8) is 0 Å². The second-order valence-corrected chi connectivity index (χ2v) is 5.59. The molecule has 0 saturated heterocycles. The molecule has 0 heterocycles. The molecule has 1 rings (SSSR count). The number of carbonyl (C=O) groups excluding carboxylic acids is 1. The summed E-state index contributed by atoms with van der Waals surface area (Å²) in [6, 6.07) is 5.27. The Labute approximate surface area is 126 Å². The quantitative estimate of drug-likeness (QED) is 0.771. The number of carbonyl (C=O) groups is 1. The van der Waals surface area contributed by atoms with Gasteiger partial charge >= 0.3 is 0 Å². The predicted molar refractivity (Wildman–Crippen MR) is 83.9 cm³/mol. The Kier molecular flexibility index (Phi) is 7.02. The molecular formula is C16H26N2O3. The zero-order valence-electron chi connectivity index (χ0n) is 13.3. The Morgan fingerprint density at radius 2 is 2.00 bits per heavy atom. The van der Waals surface area contributed by atoms with Crippen molar-refractivity contribution in [2.24, 2.45) is 11.7 Å². The van der Waals surface area contributed by atoms with Crippen molar-refractivity contribution in [1.82, 2.24) is 5.32 Å². The fourth-order valence-corrected chi connectivity index (χ4v) is 1.70. The van der Waals surface area contributed by atoms with Crippen LogP contribution in [-0.2, 0) is 0 Å². The Bertz CT molecular complexity index is 459. The maximum absolute atomic E-state index is 12.0. The Balaban J connectivity index is 2.69. The SMILES string of the molecule is COc1cc(C(=O)NCCC(C)N)ccc1OCC(C)C. The van der Waals surface area contributed by atoms with Crippen LogP contribution in [0.4, 0.5) is 0 Å². The molecule has 5 nitrogen and oxygen atoms in total. The van der Waals surface area contributed by atoms with E-state index in [0.29, 0.717) is 36.1 Å². The average molecular weight is 294 g/mol. The number of nitrogens with two attached hydrogens (primary N) is 1. The third kappa shape index (κ3) is 6.04. The summed E-state index contributed by atoms with van der Waals surface area (Å²) in [7, 11) is 1.56. The molecular weight excluding hydrogens is 268 g/mol. The van der Waals surface area contributed by atoms with Gasteiger partial charge in [0.1, 0.15) is 0 Å². The van der Waals surface area contributed by atoms with Gasteiger partial charge in [-0.1, -0.05) is 13.8 Å². The molecule has 1 unspecified atom stereocenters. The number of benzene rings is 1. The summed E-state index contributed by atoms with van der Waals surface area (Å²) in [5, 5.41) is 2.84. The van der Waals surface area contributed by atoms with E-state index in [1.165, 1.54) is 0 Å². The molecule has 0 aliphatic carbocycles. The molecule has 1 aromatic carbocycles. The van der Waals surface area contributed by atoms with Gasteiger partial charge in [-0.15, -0.1) is 0 Å². The van der Waals surface area contributed by atoms with E-state index in [0.717, 1.165) is 6.42 Å². The number of rotatable bonds is 8. The molecule has 0 fully saturated rings. The van der Waals surface area contributed by atoms with Crippen LogP contribution in [0, 0.1) is 5.92 Å². The summed E-state index contributed by atoms with van der Waals surface area (Å²) in [5.41, 5.74) is 6.20. The van der Waals surface area contributed by atoms with E-state index in [4.69, 9.17) is 15.2 Å². The predicted octanol–water partition coefficient (Wildman–Crippen LogP) is 2.20. The first-order chi connectivity index (χ1) is 9.93. The van der Waals surface area contributed by atoms with Crippen LogP contribution in [0.1, 0.15) is 37.6 Å². The lowest BCUT2D eigenvalue weighted by Crippen LogP contribution is -2.28. The van der Waals surface area contributed by atoms with Gasteiger partial charge in [0.2, 0.25) is 0 Å². The molecule has 0 aliphatic rings. The molecule has 0 aliphatic heterocycles. The van der Waals surface area contributed by atoms with Crippen LogP contribution in [-0.4, -0.2) is 32.2 Å². The lowest BCUT2D eigenvalue weighted by Gasteiger charge is -2.13. The van der Waals surface area contributed by atoms with Crippen molar-refractivity contribution in [2.75, 3.05) is 20.3 Å². The van der Waals surface area contributed by atoms with Crippen molar-refractivity contribution in [3.8, 4) is 11.5 Å². The molecule has 0 bridgehead atoms. The monoisotopic (exact) mass is 294 g/mol. The third-order valence-electron chi connectivity index (χ3n) is 2.88. The van der Waals surface area contributed by atoms with E-state index >= 15 is 0 Å². The van der Waals surface area contributed by atoms with Crippen molar-refractivity contribution < 1.29 is 14.3 Å². The second-order valence-electron chi connectivity index (χ2n) is 5.59. The van der Waals surface area contributed by atoms with Gasteiger partial charge in [-0.25, -0.2) is 0 Å². The minimum Gasteiger partial charge on any atom is -0.493 e. The first-order valence-electron chi connectivity index (χ1n) is 7.28. The molecule has 1 amide bonds. The molecule has 1 atom stereocenters. The van der Waals surface area contributed by atoms with E-state index < -0.39 is 0 Å². The van der Waals surface area contributed by atoms with Crippen molar-refractivity contribution in [1.29, 1.82) is 0 Å². The summed E-state index contributed by atoms with van der Waals surface area (Å²) in [6.45, 7) is 7.23. The van der Waals surface area contributed by atoms with Gasteiger partial charge in [0.05, 0.1) is 13.7 Å². The van der Waals surface area contributed by atoms with Crippen LogP contribution in [0.2, 0.25) is 0 Å². The van der Waals surface area contributed by atoms with Crippen LogP contribution >= 0.6 is 0 Å². The minimum absolute atomic E-state index is 0.0756. The fraction of sp³-hybridized carbons (Fsp3) is 0.562. The maximum atomic E-state index is 12.0. The molecule has 3 N–H and O–H groups in total. The van der Waals surface area contributed by atoms with Gasteiger partial charge in [-0.2, -0.15) is 0 Å². The zero-order valence-corrected chi connectivity index (χ0v) is 13.3. The summed E-state index contributed by atoms with van der Waals surface area (Å²) >= 11 is 0. The van der Waals surface area contributed by atoms with E-state index in [-0.39, 0.29) is 11.9 Å². The lowest BCUT2D eigenvalue weighted by atomic mass is 10.1. The lowest BCUT2D eigenvalue weighted by molar-refractivity contribution is 0.0952. The van der Waals surface area contributed by atoms with Gasteiger partial charge in [0.25, 0.3) is 5.91 Å². The number of nitrogens with one attached hydrogen (secondary N) is 1. The Morgan fingerprint density at radius 1 is 1.29 bits per heavy atom. The molecule has 0 spiro atoms. The van der Waals surface area contributed by atoms with Crippen molar-refractivity contribution in [3.05, 3.63) is 23.8 Å². The highest BCUT2D eigenvalue weighted by Crippen LogP contribution is 2.28. The molecule has 0 radical (unpaired) electrons. The first kappa shape index (κ1) is 17.3. The molecule has 21 heavy (non-hydrogen) atoms. The van der Waals surface area contributed by atoms with E-state index in [9.17, 15) is 4.79 Å². The second kappa shape index (κ2) is 8.52. The van der Waals surface area contributed by atoms with Gasteiger partial charge < -0.3 is 20.5 Å². The number of ether oxygens (including phenoxy) is 2. The number of hydrogen-bond donors (Lipinski definition) is 2. The van der Waals surface area contributed by atoms with Crippen LogP contribution in [0.25, 0.3) is 0 Å². The van der Waals surface area contributed by atoms with Crippen LogP contribution in [0.5, 0.6) is 11.5 Å². The molecule has 0 saturated carbocycles. The highest BCUT2D eigenvalue weighted by atomic mass is 16.5. The zero-order chi connectivity index (χ0) is 15.8. The summed E-state index contributed by atoms with van der Waals surface area (Å²) in [5.74, 6) is 1.51. The standard InChI is InChI=1S/C16H26N2O3/c1-11(2)10-21-14-6-5-13(9-15(14)20-4)16(19)18-8-7-12(3)17/h5-6,9,11-12H,7-8,10,17H2,1-4H3,(H,18,19). The minimum atomic E-state index is -0.135. The Morgan fingerprint density at radius 3 is 2.57 bits per heavy atom. The van der Waals surface area contributed by atoms with Crippen LogP contribution in [0.15, 0.2) is 18.2 Å². The fourth-order valence-electron chi connectivity index (χ4n) is 1.70. The highest BCUT2D eigenvalue weighted by Gasteiger charge is 2.11. The van der Waals surface area contributed by atoms with Gasteiger partial charge in [-0.3, -0.25) is 4.79 Å². The van der Waals surface area contributed by atoms with Gasteiger partial charge in [0, 0.05) is 18.2 Å². The average Bonchev–Trinajstić information content (AvgIpc) is 2.44. The van der Waals surface area contributed by atoms with Crippen molar-refractivity contribution >= 4 is 5.91 Å².